The van der Waals surface area contributed by atoms with Crippen LogP contribution in [-0.4, -0.2) is 54.6 Å². The van der Waals surface area contributed by atoms with Crippen molar-refractivity contribution >= 4 is 17.7 Å². The number of hydrogen-bond acceptors (Lipinski definition) is 5. The molecule has 184 valence electrons. The molecule has 1 aliphatic rings. The summed E-state index contributed by atoms with van der Waals surface area (Å²) in [6.45, 7) is 5.60. The van der Waals surface area contributed by atoms with E-state index in [-0.39, 0.29) is 19.0 Å². The fourth-order valence-corrected chi connectivity index (χ4v) is 3.49. The number of aromatic nitrogens is 1. The molecule has 0 aliphatic carbocycles. The number of nitrogens with one attached hydrogen (secondary N) is 1. The number of carbonyl (C=O) groups is 2. The molecule has 11 heteroatoms. The molecule has 1 fully saturated rings. The van der Waals surface area contributed by atoms with E-state index >= 15 is 0 Å². The molecule has 34 heavy (non-hydrogen) atoms. The van der Waals surface area contributed by atoms with Gasteiger partial charge in [0.1, 0.15) is 5.82 Å². The van der Waals surface area contributed by atoms with Crippen LogP contribution in [0.1, 0.15) is 36.2 Å². The first-order chi connectivity index (χ1) is 16.0. The summed E-state index contributed by atoms with van der Waals surface area (Å²) < 4.78 is 58.4. The van der Waals surface area contributed by atoms with Gasteiger partial charge < -0.3 is 19.9 Å². The molecule has 0 saturated carbocycles. The largest absolute Gasteiger partial charge is 0.417 e. The molecule has 0 spiro atoms. The number of benzene rings is 1. The molecule has 1 aromatic carbocycles. The third-order valence-corrected chi connectivity index (χ3v) is 5.36. The Morgan fingerprint density at radius 2 is 1.82 bits per heavy atom. The van der Waals surface area contributed by atoms with Crippen LogP contribution in [0.15, 0.2) is 36.5 Å². The highest BCUT2D eigenvalue weighted by atomic mass is 19.4. The predicted octanol–water partition coefficient (Wildman–Crippen LogP) is 4.34. The van der Waals surface area contributed by atoms with Crippen molar-refractivity contribution in [2.24, 2.45) is 5.92 Å². The maximum Gasteiger partial charge on any atom is 0.417 e. The maximum atomic E-state index is 13.6. The van der Waals surface area contributed by atoms with Crippen molar-refractivity contribution in [2.75, 3.05) is 37.6 Å². The van der Waals surface area contributed by atoms with Crippen LogP contribution in [0.25, 0.3) is 0 Å². The minimum atomic E-state index is -4.76. The van der Waals surface area contributed by atoms with Gasteiger partial charge in [-0.05, 0) is 36.6 Å². The van der Waals surface area contributed by atoms with Gasteiger partial charge in [0.05, 0.1) is 23.0 Å². The molecule has 2 aromatic rings. The summed E-state index contributed by atoms with van der Waals surface area (Å²) in [6.07, 6.45) is -3.01. The maximum absolute atomic E-state index is 13.6. The van der Waals surface area contributed by atoms with Gasteiger partial charge in [-0.3, -0.25) is 4.79 Å². The molecular weight excluding hydrogens is 456 g/mol. The van der Waals surface area contributed by atoms with Crippen LogP contribution < -0.4 is 15.0 Å². The molecule has 1 saturated heterocycles. The van der Waals surface area contributed by atoms with Crippen molar-refractivity contribution in [1.82, 2.24) is 15.2 Å². The van der Waals surface area contributed by atoms with Gasteiger partial charge >= 0.3 is 12.3 Å². The Hall–Kier alpha value is -3.37. The number of ether oxygens (including phenoxy) is 1. The van der Waals surface area contributed by atoms with Crippen LogP contribution in [0.4, 0.5) is 28.0 Å². The van der Waals surface area contributed by atoms with Gasteiger partial charge in [0.15, 0.2) is 0 Å². The van der Waals surface area contributed by atoms with Gasteiger partial charge in [-0.2, -0.15) is 13.2 Å². The Morgan fingerprint density at radius 3 is 2.41 bits per heavy atom. The van der Waals surface area contributed by atoms with Crippen molar-refractivity contribution in [3.8, 4) is 5.88 Å². The van der Waals surface area contributed by atoms with Crippen molar-refractivity contribution in [3.05, 3.63) is 53.5 Å². The molecule has 1 aliphatic heterocycles. The van der Waals surface area contributed by atoms with Crippen LogP contribution in [0, 0.1) is 11.7 Å². The Balaban J connectivity index is 1.57. The Morgan fingerprint density at radius 1 is 1.12 bits per heavy atom. The SMILES string of the molecule is CC(C)CCNC(=O)Oc1ccc(N2CCN(C(=O)c3cc(F)ccc3C(F)(F)F)CC2)cn1. The van der Waals surface area contributed by atoms with Crippen LogP contribution in [0.5, 0.6) is 5.88 Å². The number of carbonyl (C=O) groups excluding carboxylic acids is 2. The van der Waals surface area contributed by atoms with Gasteiger partial charge in [-0.15, -0.1) is 0 Å². The van der Waals surface area contributed by atoms with Gasteiger partial charge in [0, 0.05) is 38.8 Å². The molecule has 7 nitrogen and oxygen atoms in total. The fraction of sp³-hybridized carbons (Fsp3) is 0.435. The van der Waals surface area contributed by atoms with E-state index in [0.717, 1.165) is 6.42 Å². The summed E-state index contributed by atoms with van der Waals surface area (Å²) in [6, 6.07) is 5.14. The van der Waals surface area contributed by atoms with Crippen LogP contribution in [-0.2, 0) is 6.18 Å². The Labute approximate surface area is 194 Å². The number of amides is 2. The first kappa shape index (κ1) is 25.3. The second-order valence-electron chi connectivity index (χ2n) is 8.32. The smallest absolute Gasteiger partial charge is 0.391 e. The molecule has 0 radical (unpaired) electrons. The van der Waals surface area contributed by atoms with Crippen molar-refractivity contribution in [3.63, 3.8) is 0 Å². The number of alkyl halides is 3. The quantitative estimate of drug-likeness (QED) is 0.621. The average molecular weight is 482 g/mol. The van der Waals surface area contributed by atoms with Gasteiger partial charge in [-0.25, -0.2) is 14.2 Å². The molecule has 2 heterocycles. The zero-order valence-electron chi connectivity index (χ0n) is 18.9. The van der Waals surface area contributed by atoms with Crippen molar-refractivity contribution < 1.29 is 31.9 Å². The summed E-state index contributed by atoms with van der Waals surface area (Å²) in [5.41, 5.74) is -1.15. The third kappa shape index (κ3) is 6.58. The lowest BCUT2D eigenvalue weighted by atomic mass is 10.0. The van der Waals surface area contributed by atoms with E-state index in [4.69, 9.17) is 4.74 Å². The minimum absolute atomic E-state index is 0.130. The number of pyridine rings is 1. The fourth-order valence-electron chi connectivity index (χ4n) is 3.49. The standard InChI is InChI=1S/C23H26F4N4O3/c1-15(2)7-8-28-22(33)34-20-6-4-17(14-29-20)30-9-11-31(12-10-30)21(32)18-13-16(24)3-5-19(18)23(25,26)27/h3-6,13-15H,7-12H2,1-2H3,(H,28,33). The number of rotatable bonds is 6. The number of hydrogen-bond donors (Lipinski definition) is 1. The molecule has 1 N–H and O–H groups in total. The summed E-state index contributed by atoms with van der Waals surface area (Å²) >= 11 is 0. The first-order valence-corrected chi connectivity index (χ1v) is 10.9. The van der Waals surface area contributed by atoms with Crippen LogP contribution in [0.3, 0.4) is 0 Å². The van der Waals surface area contributed by atoms with Crippen LogP contribution >= 0.6 is 0 Å². The third-order valence-electron chi connectivity index (χ3n) is 5.36. The van der Waals surface area contributed by atoms with E-state index < -0.39 is 35.1 Å². The molecule has 2 amide bonds. The zero-order chi connectivity index (χ0) is 24.9. The highest BCUT2D eigenvalue weighted by Gasteiger charge is 2.37. The highest BCUT2D eigenvalue weighted by Crippen LogP contribution is 2.33. The molecular formula is C23H26F4N4O3. The molecule has 0 bridgehead atoms. The Bertz CT molecular complexity index is 1000. The lowest BCUT2D eigenvalue weighted by Crippen LogP contribution is -2.49. The topological polar surface area (TPSA) is 74.8 Å². The van der Waals surface area contributed by atoms with E-state index in [1.165, 1.54) is 17.2 Å². The predicted molar refractivity (Wildman–Crippen MR) is 117 cm³/mol. The van der Waals surface area contributed by atoms with Crippen LogP contribution in [0.2, 0.25) is 0 Å². The molecule has 1 aromatic heterocycles. The van der Waals surface area contributed by atoms with Gasteiger partial charge in [0.2, 0.25) is 5.88 Å². The minimum Gasteiger partial charge on any atom is -0.391 e. The second kappa shape index (κ2) is 10.7. The highest BCUT2D eigenvalue weighted by molar-refractivity contribution is 5.96. The van der Waals surface area contributed by atoms with Crippen molar-refractivity contribution in [2.45, 2.75) is 26.4 Å². The monoisotopic (exact) mass is 482 g/mol. The van der Waals surface area contributed by atoms with E-state index in [2.05, 4.69) is 10.3 Å². The molecule has 0 unspecified atom stereocenters. The molecule has 3 rings (SSSR count). The first-order valence-electron chi connectivity index (χ1n) is 10.9. The van der Waals surface area contributed by atoms with Crippen molar-refractivity contribution in [1.29, 1.82) is 0 Å². The summed E-state index contributed by atoms with van der Waals surface area (Å²) in [5.74, 6) is -1.19. The van der Waals surface area contributed by atoms with E-state index in [0.29, 0.717) is 49.4 Å². The normalized spacial score (nSPS) is 14.3. The number of nitrogens with zero attached hydrogens (tertiary/aromatic N) is 3. The second-order valence-corrected chi connectivity index (χ2v) is 8.32. The van der Waals surface area contributed by atoms with E-state index in [1.54, 1.807) is 6.07 Å². The summed E-state index contributed by atoms with van der Waals surface area (Å²) in [7, 11) is 0. The van der Waals surface area contributed by atoms with E-state index in [1.807, 2.05) is 18.7 Å². The summed E-state index contributed by atoms with van der Waals surface area (Å²) in [5, 5.41) is 2.64. The zero-order valence-corrected chi connectivity index (χ0v) is 18.9. The Kier molecular flexibility index (Phi) is 7.95. The van der Waals surface area contributed by atoms with E-state index in [9.17, 15) is 27.2 Å². The lowest BCUT2D eigenvalue weighted by Gasteiger charge is -2.36. The lowest BCUT2D eigenvalue weighted by molar-refractivity contribution is -0.138. The summed E-state index contributed by atoms with van der Waals surface area (Å²) in [4.78, 5) is 31.8. The van der Waals surface area contributed by atoms with Gasteiger partial charge in [0.25, 0.3) is 5.91 Å². The number of halogens is 4. The number of anilines is 1. The number of piperazine rings is 1. The molecule has 0 atom stereocenters. The average Bonchev–Trinajstić information content (AvgIpc) is 2.78. The van der Waals surface area contributed by atoms with Gasteiger partial charge in [-0.1, -0.05) is 13.8 Å².